The highest BCUT2D eigenvalue weighted by atomic mass is 19.3. The summed E-state index contributed by atoms with van der Waals surface area (Å²) < 4.78 is 30.1. The molecular formula is C10H11F2NO3. The van der Waals surface area contributed by atoms with Crippen LogP contribution in [0.15, 0.2) is 6.07 Å². The van der Waals surface area contributed by atoms with Crippen molar-refractivity contribution in [3.05, 3.63) is 22.9 Å². The Bertz CT molecular complexity index is 407. The summed E-state index contributed by atoms with van der Waals surface area (Å²) in [5.74, 6) is -1.09. The van der Waals surface area contributed by atoms with Crippen LogP contribution in [0.1, 0.15) is 23.2 Å². The number of carboxylic acid groups (broad SMARTS) is 1. The molecule has 0 saturated heterocycles. The molecule has 0 aliphatic heterocycles. The number of carboxylic acids is 1. The number of ether oxygens (including phenoxy) is 1. The summed E-state index contributed by atoms with van der Waals surface area (Å²) in [5.41, 5.74) is 0.0417. The third kappa shape index (κ3) is 2.65. The van der Waals surface area contributed by atoms with E-state index in [1.165, 1.54) is 14.0 Å². The molecule has 0 atom stereocenters. The first-order valence-electron chi connectivity index (χ1n) is 4.50. The van der Waals surface area contributed by atoms with Gasteiger partial charge in [0.1, 0.15) is 0 Å². The van der Waals surface area contributed by atoms with Crippen molar-refractivity contribution in [2.45, 2.75) is 19.8 Å². The Hall–Kier alpha value is -1.72. The maximum absolute atomic E-state index is 12.6. The lowest BCUT2D eigenvalue weighted by Crippen LogP contribution is -2.06. The number of aromatic nitrogens is 1. The van der Waals surface area contributed by atoms with Gasteiger partial charge >= 0.3 is 5.97 Å². The molecule has 4 nitrogen and oxygen atoms in total. The van der Waals surface area contributed by atoms with E-state index in [1.807, 2.05) is 0 Å². The summed E-state index contributed by atoms with van der Waals surface area (Å²) in [4.78, 5) is 14.3. The van der Waals surface area contributed by atoms with Gasteiger partial charge in [0.15, 0.2) is 0 Å². The fraction of sp³-hybridized carbons (Fsp3) is 0.400. The molecule has 6 heteroatoms. The van der Waals surface area contributed by atoms with Crippen LogP contribution < -0.4 is 4.74 Å². The fourth-order valence-corrected chi connectivity index (χ4v) is 1.33. The number of nitrogens with zero attached hydrogens (tertiary/aromatic N) is 1. The molecule has 0 aliphatic carbocycles. The average Bonchev–Trinajstić information content (AvgIpc) is 2.19. The molecule has 1 N–H and O–H groups in total. The smallest absolute Gasteiger partial charge is 0.309 e. The minimum absolute atomic E-state index is 0.0362. The second-order valence-corrected chi connectivity index (χ2v) is 3.21. The van der Waals surface area contributed by atoms with Crippen LogP contribution in [0.25, 0.3) is 0 Å². The molecule has 1 aromatic heterocycles. The van der Waals surface area contributed by atoms with Gasteiger partial charge in [-0.15, -0.1) is 0 Å². The maximum atomic E-state index is 12.6. The van der Waals surface area contributed by atoms with Gasteiger partial charge in [0, 0.05) is 11.1 Å². The lowest BCUT2D eigenvalue weighted by atomic mass is 10.1. The van der Waals surface area contributed by atoms with Crippen LogP contribution in [0.2, 0.25) is 0 Å². The summed E-state index contributed by atoms with van der Waals surface area (Å²) in [6, 6.07) is 1.09. The van der Waals surface area contributed by atoms with E-state index in [0.29, 0.717) is 0 Å². The van der Waals surface area contributed by atoms with Crippen molar-refractivity contribution < 1.29 is 23.4 Å². The number of methoxy groups -OCH3 is 1. The number of hydrogen-bond donors (Lipinski definition) is 1. The van der Waals surface area contributed by atoms with Crippen LogP contribution in [0, 0.1) is 6.92 Å². The molecule has 0 radical (unpaired) electrons. The molecule has 0 amide bonds. The number of rotatable bonds is 4. The van der Waals surface area contributed by atoms with Crippen LogP contribution in [0.3, 0.4) is 0 Å². The minimum Gasteiger partial charge on any atom is -0.481 e. The zero-order valence-corrected chi connectivity index (χ0v) is 8.83. The van der Waals surface area contributed by atoms with Crippen LogP contribution in [-0.4, -0.2) is 23.2 Å². The average molecular weight is 231 g/mol. The highest BCUT2D eigenvalue weighted by molar-refractivity contribution is 5.69. The standard InChI is InChI=1S/C10H11F2NO3/c1-5-7(9(11)12)3-6(4-8(14)15)13-10(5)16-2/h3,9H,4H2,1-2H3,(H,14,15). The minimum atomic E-state index is -2.68. The molecular weight excluding hydrogens is 220 g/mol. The first kappa shape index (κ1) is 12.4. The van der Waals surface area contributed by atoms with Gasteiger partial charge in [0.25, 0.3) is 6.43 Å². The quantitative estimate of drug-likeness (QED) is 0.860. The number of aliphatic carboxylic acids is 1. The second-order valence-electron chi connectivity index (χ2n) is 3.21. The SMILES string of the molecule is COc1nc(CC(=O)O)cc(C(F)F)c1C. The van der Waals surface area contributed by atoms with E-state index in [2.05, 4.69) is 4.98 Å². The molecule has 0 bridgehead atoms. The van der Waals surface area contributed by atoms with E-state index < -0.39 is 18.8 Å². The van der Waals surface area contributed by atoms with Gasteiger partial charge in [-0.1, -0.05) is 0 Å². The van der Waals surface area contributed by atoms with E-state index in [9.17, 15) is 13.6 Å². The van der Waals surface area contributed by atoms with Crippen LogP contribution in [-0.2, 0) is 11.2 Å². The molecule has 0 unspecified atom stereocenters. The predicted octanol–water partition coefficient (Wildman–Crippen LogP) is 1.96. The fourth-order valence-electron chi connectivity index (χ4n) is 1.33. The molecule has 1 rings (SSSR count). The summed E-state index contributed by atoms with van der Waals surface area (Å²) in [6.07, 6.45) is -3.08. The van der Waals surface area contributed by atoms with E-state index in [4.69, 9.17) is 9.84 Å². The van der Waals surface area contributed by atoms with Gasteiger partial charge < -0.3 is 9.84 Å². The van der Waals surface area contributed by atoms with Crippen molar-refractivity contribution in [2.24, 2.45) is 0 Å². The third-order valence-electron chi connectivity index (χ3n) is 2.08. The maximum Gasteiger partial charge on any atom is 0.309 e. The van der Waals surface area contributed by atoms with Crippen LogP contribution >= 0.6 is 0 Å². The second kappa shape index (κ2) is 4.87. The molecule has 0 fully saturated rings. The van der Waals surface area contributed by atoms with Crippen molar-refractivity contribution in [2.75, 3.05) is 7.11 Å². The summed E-state index contributed by atoms with van der Waals surface area (Å²) >= 11 is 0. The van der Waals surface area contributed by atoms with Gasteiger partial charge in [-0.3, -0.25) is 4.79 Å². The predicted molar refractivity (Wildman–Crippen MR) is 51.8 cm³/mol. The van der Waals surface area contributed by atoms with E-state index in [0.717, 1.165) is 6.07 Å². The number of alkyl halides is 2. The largest absolute Gasteiger partial charge is 0.481 e. The Kier molecular flexibility index (Phi) is 3.76. The van der Waals surface area contributed by atoms with E-state index in [1.54, 1.807) is 0 Å². The van der Waals surface area contributed by atoms with Gasteiger partial charge in [-0.2, -0.15) is 0 Å². The number of halogens is 2. The van der Waals surface area contributed by atoms with Gasteiger partial charge in [-0.25, -0.2) is 13.8 Å². The number of carbonyl (C=O) groups is 1. The van der Waals surface area contributed by atoms with Crippen molar-refractivity contribution in [1.82, 2.24) is 4.98 Å². The molecule has 0 spiro atoms. The van der Waals surface area contributed by atoms with Crippen molar-refractivity contribution in [1.29, 1.82) is 0 Å². The molecule has 0 aliphatic rings. The van der Waals surface area contributed by atoms with Gasteiger partial charge in [0.05, 0.1) is 19.2 Å². The van der Waals surface area contributed by atoms with Gasteiger partial charge in [-0.05, 0) is 13.0 Å². The monoisotopic (exact) mass is 231 g/mol. The Balaban J connectivity index is 3.22. The Morgan fingerprint density at radius 3 is 2.69 bits per heavy atom. The highest BCUT2D eigenvalue weighted by Crippen LogP contribution is 2.28. The van der Waals surface area contributed by atoms with Crippen LogP contribution in [0.5, 0.6) is 5.88 Å². The first-order chi connectivity index (χ1) is 7.45. The Morgan fingerprint density at radius 2 is 2.25 bits per heavy atom. The first-order valence-corrected chi connectivity index (χ1v) is 4.50. The van der Waals surface area contributed by atoms with Crippen LogP contribution in [0.4, 0.5) is 8.78 Å². The summed E-state index contributed by atoms with van der Waals surface area (Å²) in [7, 11) is 1.30. The molecule has 16 heavy (non-hydrogen) atoms. The molecule has 1 heterocycles. The summed E-state index contributed by atoms with van der Waals surface area (Å²) in [5, 5.41) is 8.56. The molecule has 0 aromatic carbocycles. The van der Waals surface area contributed by atoms with Crippen molar-refractivity contribution >= 4 is 5.97 Å². The number of pyridine rings is 1. The topological polar surface area (TPSA) is 59.4 Å². The zero-order chi connectivity index (χ0) is 12.3. The molecule has 88 valence electrons. The number of hydrogen-bond acceptors (Lipinski definition) is 3. The zero-order valence-electron chi connectivity index (χ0n) is 8.83. The third-order valence-corrected chi connectivity index (χ3v) is 2.08. The normalized spacial score (nSPS) is 10.6. The highest BCUT2D eigenvalue weighted by Gasteiger charge is 2.17. The lowest BCUT2D eigenvalue weighted by Gasteiger charge is -2.10. The van der Waals surface area contributed by atoms with Crippen molar-refractivity contribution in [3.8, 4) is 5.88 Å². The molecule has 0 saturated carbocycles. The van der Waals surface area contributed by atoms with E-state index >= 15 is 0 Å². The Labute approximate surface area is 90.9 Å². The lowest BCUT2D eigenvalue weighted by molar-refractivity contribution is -0.136. The Morgan fingerprint density at radius 1 is 1.62 bits per heavy atom. The van der Waals surface area contributed by atoms with Crippen molar-refractivity contribution in [3.63, 3.8) is 0 Å². The summed E-state index contributed by atoms with van der Waals surface area (Å²) in [6.45, 7) is 1.46. The molecule has 1 aromatic rings. The van der Waals surface area contributed by atoms with E-state index in [-0.39, 0.29) is 22.7 Å². The van der Waals surface area contributed by atoms with Gasteiger partial charge in [0.2, 0.25) is 5.88 Å².